The summed E-state index contributed by atoms with van der Waals surface area (Å²) in [6, 6.07) is 1.62. The number of nitriles is 1. The summed E-state index contributed by atoms with van der Waals surface area (Å²) in [5.74, 6) is 0. The van der Waals surface area contributed by atoms with Crippen molar-refractivity contribution >= 4 is 0 Å². The van der Waals surface area contributed by atoms with Gasteiger partial charge in [-0.3, -0.25) is 9.78 Å². The molecule has 0 bridgehead atoms. The Morgan fingerprint density at radius 2 is 2.00 bits per heavy atom. The fourth-order valence-corrected chi connectivity index (χ4v) is 0.928. The molecule has 0 unspecified atom stereocenters. The lowest BCUT2D eigenvalue weighted by Gasteiger charge is -2.19. The second-order valence-corrected chi connectivity index (χ2v) is 3.80. The lowest BCUT2D eigenvalue weighted by Crippen LogP contribution is -2.42. The molecule has 1 N–H and O–H groups in total. The standard InChI is InChI=1S/C8H10N4O2/c1-8(2,3)12-7(14)10-6(13)5(4-9)11-12/h1-3H3,(H,10,13,14). The zero-order valence-electron chi connectivity index (χ0n) is 8.16. The summed E-state index contributed by atoms with van der Waals surface area (Å²) in [6.45, 7) is 5.25. The van der Waals surface area contributed by atoms with Crippen LogP contribution in [-0.4, -0.2) is 14.8 Å². The highest BCUT2D eigenvalue weighted by atomic mass is 16.2. The van der Waals surface area contributed by atoms with E-state index in [1.165, 1.54) is 0 Å². The number of aromatic nitrogens is 3. The van der Waals surface area contributed by atoms with Crippen LogP contribution in [0.3, 0.4) is 0 Å². The summed E-state index contributed by atoms with van der Waals surface area (Å²) < 4.78 is 1.08. The highest BCUT2D eigenvalue weighted by Crippen LogP contribution is 2.06. The maximum absolute atomic E-state index is 11.3. The van der Waals surface area contributed by atoms with Gasteiger partial charge in [-0.25, -0.2) is 9.48 Å². The molecule has 1 rings (SSSR count). The average molecular weight is 194 g/mol. The molecule has 0 aliphatic heterocycles. The Kier molecular flexibility index (Phi) is 2.26. The van der Waals surface area contributed by atoms with Crippen LogP contribution in [0, 0.1) is 11.3 Å². The molecule has 0 atom stereocenters. The topological polar surface area (TPSA) is 91.5 Å². The van der Waals surface area contributed by atoms with Gasteiger partial charge < -0.3 is 0 Å². The van der Waals surface area contributed by atoms with Crippen LogP contribution < -0.4 is 11.2 Å². The second kappa shape index (κ2) is 3.10. The van der Waals surface area contributed by atoms with Gasteiger partial charge in [0, 0.05) is 0 Å². The van der Waals surface area contributed by atoms with E-state index in [0.29, 0.717) is 0 Å². The van der Waals surface area contributed by atoms with Crippen molar-refractivity contribution in [2.75, 3.05) is 0 Å². The van der Waals surface area contributed by atoms with E-state index in [1.54, 1.807) is 26.8 Å². The van der Waals surface area contributed by atoms with Crippen LogP contribution in [0.25, 0.3) is 0 Å². The maximum Gasteiger partial charge on any atom is 0.345 e. The van der Waals surface area contributed by atoms with Crippen molar-refractivity contribution in [2.24, 2.45) is 0 Å². The van der Waals surface area contributed by atoms with Gasteiger partial charge >= 0.3 is 5.69 Å². The van der Waals surface area contributed by atoms with Crippen LogP contribution in [0.5, 0.6) is 0 Å². The fourth-order valence-electron chi connectivity index (χ4n) is 0.928. The van der Waals surface area contributed by atoms with Crippen molar-refractivity contribution in [3.05, 3.63) is 26.5 Å². The Balaban J connectivity index is 3.58. The van der Waals surface area contributed by atoms with Crippen molar-refractivity contribution in [3.8, 4) is 6.07 Å². The first-order valence-electron chi connectivity index (χ1n) is 4.00. The molecule has 14 heavy (non-hydrogen) atoms. The lowest BCUT2D eigenvalue weighted by molar-refractivity contribution is 0.328. The van der Waals surface area contributed by atoms with Gasteiger partial charge in [0.25, 0.3) is 5.56 Å². The molecular formula is C8H10N4O2. The number of rotatable bonds is 0. The minimum atomic E-state index is -0.752. The Bertz CT molecular complexity index is 498. The Labute approximate surface area is 79.8 Å². The molecule has 1 aromatic heterocycles. The van der Waals surface area contributed by atoms with E-state index < -0.39 is 16.8 Å². The molecule has 1 aromatic rings. The molecule has 6 nitrogen and oxygen atoms in total. The smallest absolute Gasteiger partial charge is 0.270 e. The molecule has 0 amide bonds. The highest BCUT2D eigenvalue weighted by Gasteiger charge is 2.18. The minimum Gasteiger partial charge on any atom is -0.270 e. The molecular weight excluding hydrogens is 184 g/mol. The Hall–Kier alpha value is -1.90. The molecule has 1 heterocycles. The van der Waals surface area contributed by atoms with Gasteiger partial charge in [0.05, 0.1) is 5.54 Å². The van der Waals surface area contributed by atoms with Gasteiger partial charge in [0.2, 0.25) is 5.69 Å². The van der Waals surface area contributed by atoms with Crippen LogP contribution >= 0.6 is 0 Å². The lowest BCUT2D eigenvalue weighted by atomic mass is 10.1. The largest absolute Gasteiger partial charge is 0.345 e. The summed E-state index contributed by atoms with van der Waals surface area (Å²) in [5, 5.41) is 12.2. The third kappa shape index (κ3) is 1.71. The third-order valence-corrected chi connectivity index (χ3v) is 1.57. The molecule has 0 aliphatic rings. The summed E-state index contributed by atoms with van der Waals surface area (Å²) in [4.78, 5) is 24.3. The Morgan fingerprint density at radius 1 is 1.43 bits per heavy atom. The van der Waals surface area contributed by atoms with E-state index in [0.717, 1.165) is 4.68 Å². The molecule has 0 saturated heterocycles. The van der Waals surface area contributed by atoms with Gasteiger partial charge in [-0.15, -0.1) is 0 Å². The SMILES string of the molecule is CC(C)(C)n1nc(C#N)c(=O)[nH]c1=O. The minimum absolute atomic E-state index is 0.306. The first-order valence-corrected chi connectivity index (χ1v) is 4.00. The quantitative estimate of drug-likeness (QED) is 0.606. The number of aromatic amines is 1. The summed E-state index contributed by atoms with van der Waals surface area (Å²) in [7, 11) is 0. The van der Waals surface area contributed by atoms with Crippen molar-refractivity contribution in [3.63, 3.8) is 0 Å². The zero-order valence-corrected chi connectivity index (χ0v) is 8.16. The van der Waals surface area contributed by atoms with E-state index in [9.17, 15) is 9.59 Å². The highest BCUT2D eigenvalue weighted by molar-refractivity contribution is 5.13. The zero-order chi connectivity index (χ0) is 10.9. The number of H-pyrrole nitrogens is 1. The predicted octanol–water partition coefficient (Wildman–Crippen LogP) is -0.442. The fraction of sp³-hybridized carbons (Fsp3) is 0.500. The first-order chi connectivity index (χ1) is 6.36. The van der Waals surface area contributed by atoms with Crippen LogP contribution in [0.4, 0.5) is 0 Å². The number of hydrogen-bond donors (Lipinski definition) is 1. The average Bonchev–Trinajstić information content (AvgIpc) is 2.02. The van der Waals surface area contributed by atoms with Gasteiger partial charge in [-0.05, 0) is 20.8 Å². The first kappa shape index (κ1) is 10.2. The van der Waals surface area contributed by atoms with Crippen LogP contribution in [0.1, 0.15) is 26.5 Å². The van der Waals surface area contributed by atoms with Crippen molar-refractivity contribution < 1.29 is 0 Å². The van der Waals surface area contributed by atoms with E-state index in [4.69, 9.17) is 5.26 Å². The van der Waals surface area contributed by atoms with Crippen LogP contribution in [0.2, 0.25) is 0 Å². The van der Waals surface area contributed by atoms with Gasteiger partial charge in [-0.1, -0.05) is 0 Å². The molecule has 0 saturated carbocycles. The molecule has 0 aromatic carbocycles. The summed E-state index contributed by atoms with van der Waals surface area (Å²) >= 11 is 0. The molecule has 74 valence electrons. The predicted molar refractivity (Wildman–Crippen MR) is 48.8 cm³/mol. The number of hydrogen-bond acceptors (Lipinski definition) is 4. The van der Waals surface area contributed by atoms with Crippen LogP contribution in [-0.2, 0) is 5.54 Å². The molecule has 0 spiro atoms. The van der Waals surface area contributed by atoms with Crippen molar-refractivity contribution in [2.45, 2.75) is 26.3 Å². The second-order valence-electron chi connectivity index (χ2n) is 3.80. The van der Waals surface area contributed by atoms with Gasteiger partial charge in [0.1, 0.15) is 6.07 Å². The van der Waals surface area contributed by atoms with E-state index in [2.05, 4.69) is 5.10 Å². The normalized spacial score (nSPS) is 11.0. The Morgan fingerprint density at radius 3 is 2.43 bits per heavy atom. The molecule has 0 radical (unpaired) electrons. The third-order valence-electron chi connectivity index (χ3n) is 1.57. The summed E-state index contributed by atoms with van der Waals surface area (Å²) in [6.07, 6.45) is 0. The van der Waals surface area contributed by atoms with Crippen molar-refractivity contribution in [1.29, 1.82) is 5.26 Å². The number of nitrogens with one attached hydrogen (secondary N) is 1. The molecule has 6 heteroatoms. The van der Waals surface area contributed by atoms with E-state index in [-0.39, 0.29) is 5.69 Å². The van der Waals surface area contributed by atoms with Crippen molar-refractivity contribution in [1.82, 2.24) is 14.8 Å². The number of nitrogens with zero attached hydrogens (tertiary/aromatic N) is 3. The monoisotopic (exact) mass is 194 g/mol. The summed E-state index contributed by atoms with van der Waals surface area (Å²) in [5.41, 5.74) is -2.23. The van der Waals surface area contributed by atoms with Crippen LogP contribution in [0.15, 0.2) is 9.59 Å². The molecule has 0 fully saturated rings. The van der Waals surface area contributed by atoms with E-state index >= 15 is 0 Å². The maximum atomic E-state index is 11.3. The van der Waals surface area contributed by atoms with Gasteiger partial charge in [0.15, 0.2) is 0 Å². The van der Waals surface area contributed by atoms with E-state index in [1.807, 2.05) is 4.98 Å². The van der Waals surface area contributed by atoms with Gasteiger partial charge in [-0.2, -0.15) is 10.4 Å². The molecule has 0 aliphatic carbocycles.